The summed E-state index contributed by atoms with van der Waals surface area (Å²) in [7, 11) is 3.37. The standard InChI is InChI=1S/C10H15N3O2S/c1-5-7(14)12-10-11-6(2)8(16-10)9(15)13(3)4/h5H2,1-4H3,(H,11,12,14). The smallest absolute Gasteiger partial charge is 0.265 e. The highest BCUT2D eigenvalue weighted by atomic mass is 32.1. The highest BCUT2D eigenvalue weighted by Gasteiger charge is 2.17. The van der Waals surface area contributed by atoms with Crippen LogP contribution in [0.4, 0.5) is 5.13 Å². The maximum absolute atomic E-state index is 11.7. The number of hydrogen-bond donors (Lipinski definition) is 1. The maximum Gasteiger partial charge on any atom is 0.265 e. The molecule has 16 heavy (non-hydrogen) atoms. The summed E-state index contributed by atoms with van der Waals surface area (Å²) in [6.07, 6.45) is 0.398. The van der Waals surface area contributed by atoms with Gasteiger partial charge in [-0.2, -0.15) is 0 Å². The van der Waals surface area contributed by atoms with Gasteiger partial charge in [-0.05, 0) is 6.92 Å². The summed E-state index contributed by atoms with van der Waals surface area (Å²) in [5, 5.41) is 3.13. The van der Waals surface area contributed by atoms with Crippen LogP contribution in [0.2, 0.25) is 0 Å². The van der Waals surface area contributed by atoms with Crippen LogP contribution >= 0.6 is 11.3 Å². The summed E-state index contributed by atoms with van der Waals surface area (Å²) in [5.41, 5.74) is 0.648. The molecule has 1 aromatic heterocycles. The Morgan fingerprint density at radius 3 is 2.56 bits per heavy atom. The second-order valence-corrected chi connectivity index (χ2v) is 4.53. The molecule has 0 unspecified atom stereocenters. The van der Waals surface area contributed by atoms with Crippen molar-refractivity contribution < 1.29 is 9.59 Å². The number of nitrogens with zero attached hydrogens (tertiary/aromatic N) is 2. The minimum absolute atomic E-state index is 0.0907. The van der Waals surface area contributed by atoms with Gasteiger partial charge in [-0.15, -0.1) is 0 Å². The fourth-order valence-electron chi connectivity index (χ4n) is 1.06. The molecule has 88 valence electrons. The first kappa shape index (κ1) is 12.6. The molecule has 0 saturated carbocycles. The molecule has 0 aromatic carbocycles. The third-order valence-electron chi connectivity index (χ3n) is 1.96. The molecule has 0 fully saturated rings. The Morgan fingerprint density at radius 2 is 2.06 bits per heavy atom. The Morgan fingerprint density at radius 1 is 1.44 bits per heavy atom. The third-order valence-corrected chi connectivity index (χ3v) is 3.03. The first-order valence-electron chi connectivity index (χ1n) is 4.94. The largest absolute Gasteiger partial charge is 0.344 e. The van der Waals surface area contributed by atoms with Gasteiger partial charge in [0.1, 0.15) is 4.88 Å². The zero-order chi connectivity index (χ0) is 12.3. The highest BCUT2D eigenvalue weighted by Crippen LogP contribution is 2.23. The lowest BCUT2D eigenvalue weighted by atomic mass is 10.3. The van der Waals surface area contributed by atoms with Crippen LogP contribution in [0.5, 0.6) is 0 Å². The Labute approximate surface area is 98.5 Å². The van der Waals surface area contributed by atoms with E-state index >= 15 is 0 Å². The van der Waals surface area contributed by atoms with Crippen LogP contribution in [-0.2, 0) is 4.79 Å². The van der Waals surface area contributed by atoms with Crippen LogP contribution in [0, 0.1) is 6.92 Å². The summed E-state index contributed by atoms with van der Waals surface area (Å²) in [4.78, 5) is 29.1. The Balaban J connectivity index is 2.90. The zero-order valence-electron chi connectivity index (χ0n) is 9.83. The van der Waals surface area contributed by atoms with E-state index in [1.54, 1.807) is 27.9 Å². The van der Waals surface area contributed by atoms with Gasteiger partial charge >= 0.3 is 0 Å². The SMILES string of the molecule is CCC(=O)Nc1nc(C)c(C(=O)N(C)C)s1. The molecule has 0 aliphatic rings. The van der Waals surface area contributed by atoms with Crippen LogP contribution < -0.4 is 5.32 Å². The lowest BCUT2D eigenvalue weighted by Crippen LogP contribution is -2.21. The molecule has 1 aromatic rings. The second kappa shape index (κ2) is 5.07. The minimum Gasteiger partial charge on any atom is -0.344 e. The number of nitrogens with one attached hydrogen (secondary N) is 1. The van der Waals surface area contributed by atoms with Gasteiger partial charge in [-0.25, -0.2) is 4.98 Å². The van der Waals surface area contributed by atoms with Gasteiger partial charge in [0, 0.05) is 20.5 Å². The summed E-state index contributed by atoms with van der Waals surface area (Å²) >= 11 is 1.21. The topological polar surface area (TPSA) is 62.3 Å². The molecule has 0 aliphatic carbocycles. The van der Waals surface area contributed by atoms with Crippen LogP contribution in [0.3, 0.4) is 0 Å². The average Bonchev–Trinajstić information content (AvgIpc) is 2.57. The van der Waals surface area contributed by atoms with E-state index in [2.05, 4.69) is 10.3 Å². The van der Waals surface area contributed by atoms with Gasteiger partial charge in [0.2, 0.25) is 5.91 Å². The summed E-state index contributed by atoms with van der Waals surface area (Å²) in [6.45, 7) is 3.52. The normalized spacial score (nSPS) is 10.0. The van der Waals surface area contributed by atoms with Gasteiger partial charge < -0.3 is 10.2 Å². The summed E-state index contributed by atoms with van der Waals surface area (Å²) < 4.78 is 0. The predicted molar refractivity (Wildman–Crippen MR) is 63.8 cm³/mol. The molecule has 2 amide bonds. The number of carbonyl (C=O) groups excluding carboxylic acids is 2. The molecule has 0 spiro atoms. The number of amides is 2. The van der Waals surface area contributed by atoms with Crippen molar-refractivity contribution in [2.75, 3.05) is 19.4 Å². The van der Waals surface area contributed by atoms with Crippen molar-refractivity contribution in [3.8, 4) is 0 Å². The van der Waals surface area contributed by atoms with E-state index in [9.17, 15) is 9.59 Å². The van der Waals surface area contributed by atoms with Crippen molar-refractivity contribution in [2.24, 2.45) is 0 Å². The Hall–Kier alpha value is -1.43. The van der Waals surface area contributed by atoms with Crippen LogP contribution in [0.15, 0.2) is 0 Å². The molecule has 6 heteroatoms. The molecule has 1 heterocycles. The number of thiazole rings is 1. The second-order valence-electron chi connectivity index (χ2n) is 3.53. The number of aryl methyl sites for hydroxylation is 1. The van der Waals surface area contributed by atoms with Gasteiger partial charge in [-0.3, -0.25) is 9.59 Å². The van der Waals surface area contributed by atoms with E-state index in [0.717, 1.165) is 0 Å². The number of aromatic nitrogens is 1. The number of hydrogen-bond acceptors (Lipinski definition) is 4. The molecule has 0 radical (unpaired) electrons. The van der Waals surface area contributed by atoms with Crippen LogP contribution in [0.25, 0.3) is 0 Å². The van der Waals surface area contributed by atoms with E-state index in [4.69, 9.17) is 0 Å². The summed E-state index contributed by atoms with van der Waals surface area (Å²) in [5.74, 6) is -0.190. The van der Waals surface area contributed by atoms with Crippen molar-refractivity contribution in [1.29, 1.82) is 0 Å². The third kappa shape index (κ3) is 2.79. The number of carbonyl (C=O) groups is 2. The monoisotopic (exact) mass is 241 g/mol. The van der Waals surface area contributed by atoms with Crippen molar-refractivity contribution >= 4 is 28.3 Å². The predicted octanol–water partition coefficient (Wildman–Crippen LogP) is 1.50. The fraction of sp³-hybridized carbons (Fsp3) is 0.500. The van der Waals surface area contributed by atoms with Gasteiger partial charge in [0.25, 0.3) is 5.91 Å². The van der Waals surface area contributed by atoms with Crippen LogP contribution in [0.1, 0.15) is 28.7 Å². The molecule has 1 N–H and O–H groups in total. The highest BCUT2D eigenvalue weighted by molar-refractivity contribution is 7.17. The molecule has 0 bridgehead atoms. The molecule has 1 rings (SSSR count). The molecule has 5 nitrogen and oxygen atoms in total. The quantitative estimate of drug-likeness (QED) is 0.872. The number of anilines is 1. The van der Waals surface area contributed by atoms with E-state index in [1.165, 1.54) is 16.2 Å². The Kier molecular flexibility index (Phi) is 4.00. The van der Waals surface area contributed by atoms with E-state index in [1.807, 2.05) is 0 Å². The first-order chi connectivity index (χ1) is 7.45. The average molecular weight is 241 g/mol. The van der Waals surface area contributed by atoms with Crippen molar-refractivity contribution in [2.45, 2.75) is 20.3 Å². The van der Waals surface area contributed by atoms with Gasteiger partial charge in [0.05, 0.1) is 5.69 Å². The van der Waals surface area contributed by atoms with E-state index in [-0.39, 0.29) is 11.8 Å². The first-order valence-corrected chi connectivity index (χ1v) is 5.76. The zero-order valence-corrected chi connectivity index (χ0v) is 10.6. The molecule has 0 aliphatic heterocycles. The molecule has 0 atom stereocenters. The molecular formula is C10H15N3O2S. The lowest BCUT2D eigenvalue weighted by Gasteiger charge is -2.07. The molecule has 0 saturated heterocycles. The van der Waals surface area contributed by atoms with Crippen LogP contribution in [-0.4, -0.2) is 35.8 Å². The summed E-state index contributed by atoms with van der Waals surface area (Å²) in [6, 6.07) is 0. The maximum atomic E-state index is 11.7. The number of rotatable bonds is 3. The molecular weight excluding hydrogens is 226 g/mol. The minimum atomic E-state index is -0.0994. The van der Waals surface area contributed by atoms with Crippen molar-refractivity contribution in [3.63, 3.8) is 0 Å². The lowest BCUT2D eigenvalue weighted by molar-refractivity contribution is -0.115. The van der Waals surface area contributed by atoms with Gasteiger partial charge in [-0.1, -0.05) is 18.3 Å². The fourth-order valence-corrected chi connectivity index (χ4v) is 2.06. The van der Waals surface area contributed by atoms with Crippen molar-refractivity contribution in [3.05, 3.63) is 10.6 Å². The Bertz CT molecular complexity index is 412. The van der Waals surface area contributed by atoms with Gasteiger partial charge in [0.15, 0.2) is 5.13 Å². The van der Waals surface area contributed by atoms with E-state index < -0.39 is 0 Å². The van der Waals surface area contributed by atoms with Crippen molar-refractivity contribution in [1.82, 2.24) is 9.88 Å². The van der Waals surface area contributed by atoms with E-state index in [0.29, 0.717) is 22.1 Å².